The molecule has 0 atom stereocenters. The van der Waals surface area contributed by atoms with Gasteiger partial charge in [-0.25, -0.2) is 9.18 Å². The molecule has 0 aromatic heterocycles. The van der Waals surface area contributed by atoms with Crippen LogP contribution >= 0.6 is 0 Å². The van der Waals surface area contributed by atoms with E-state index in [0.717, 1.165) is 0 Å². The second kappa shape index (κ2) is 6.56. The van der Waals surface area contributed by atoms with E-state index >= 15 is 0 Å². The first-order valence-corrected chi connectivity index (χ1v) is 7.03. The molecule has 0 saturated heterocycles. The van der Waals surface area contributed by atoms with Gasteiger partial charge in [0.2, 0.25) is 0 Å². The number of carboxylic acid groups (broad SMARTS) is 1. The maximum absolute atomic E-state index is 13.4. The van der Waals surface area contributed by atoms with Crippen LogP contribution in [0.4, 0.5) is 14.9 Å². The Balaban J connectivity index is 1.86. The third kappa shape index (κ3) is 3.93. The zero-order valence-electron chi connectivity index (χ0n) is 11.9. The van der Waals surface area contributed by atoms with E-state index in [1.165, 1.54) is 12.1 Å². The van der Waals surface area contributed by atoms with Gasteiger partial charge in [-0.15, -0.1) is 0 Å². The number of hydrogen-bond acceptors (Lipinski definition) is 2. The van der Waals surface area contributed by atoms with Gasteiger partial charge in [-0.05, 0) is 44.7 Å². The lowest BCUT2D eigenvalue weighted by molar-refractivity contribution is -0.142. The van der Waals surface area contributed by atoms with Crippen molar-refractivity contribution in [2.45, 2.75) is 38.6 Å². The van der Waals surface area contributed by atoms with Gasteiger partial charge in [-0.1, -0.05) is 6.07 Å². The molecule has 1 fully saturated rings. The molecular formula is C15H19FN2O3. The summed E-state index contributed by atoms with van der Waals surface area (Å²) in [5.74, 6) is -1.44. The fourth-order valence-electron chi connectivity index (χ4n) is 2.57. The van der Waals surface area contributed by atoms with Crippen molar-refractivity contribution in [3.8, 4) is 0 Å². The van der Waals surface area contributed by atoms with Crippen molar-refractivity contribution in [2.24, 2.45) is 5.92 Å². The van der Waals surface area contributed by atoms with Gasteiger partial charge in [0.05, 0.1) is 5.92 Å². The summed E-state index contributed by atoms with van der Waals surface area (Å²) in [5, 5.41) is 14.4. The monoisotopic (exact) mass is 294 g/mol. The van der Waals surface area contributed by atoms with Crippen LogP contribution < -0.4 is 10.6 Å². The van der Waals surface area contributed by atoms with E-state index in [1.54, 1.807) is 13.0 Å². The summed E-state index contributed by atoms with van der Waals surface area (Å²) < 4.78 is 13.4. The number of anilines is 1. The fourth-order valence-corrected chi connectivity index (χ4v) is 2.57. The Kier molecular flexibility index (Phi) is 4.77. The van der Waals surface area contributed by atoms with Crippen LogP contribution in [0.2, 0.25) is 0 Å². The molecule has 21 heavy (non-hydrogen) atoms. The fraction of sp³-hybridized carbons (Fsp3) is 0.467. The predicted octanol–water partition coefficient (Wildman–Crippen LogP) is 2.90. The molecular weight excluding hydrogens is 275 g/mol. The molecule has 6 heteroatoms. The number of benzene rings is 1. The van der Waals surface area contributed by atoms with Crippen molar-refractivity contribution in [3.63, 3.8) is 0 Å². The van der Waals surface area contributed by atoms with Gasteiger partial charge < -0.3 is 15.7 Å². The summed E-state index contributed by atoms with van der Waals surface area (Å²) in [6.45, 7) is 1.60. The number of nitrogens with one attached hydrogen (secondary N) is 2. The molecule has 2 amide bonds. The first-order chi connectivity index (χ1) is 9.97. The molecule has 1 aromatic rings. The third-order valence-corrected chi connectivity index (χ3v) is 3.93. The van der Waals surface area contributed by atoms with Gasteiger partial charge in [0.15, 0.2) is 0 Å². The lowest BCUT2D eigenvalue weighted by atomic mass is 9.86. The predicted molar refractivity (Wildman–Crippen MR) is 76.7 cm³/mol. The van der Waals surface area contributed by atoms with Crippen LogP contribution in [0.5, 0.6) is 0 Å². The molecule has 0 radical (unpaired) electrons. The molecule has 5 nitrogen and oxygen atoms in total. The first-order valence-electron chi connectivity index (χ1n) is 7.03. The van der Waals surface area contributed by atoms with E-state index in [9.17, 15) is 14.0 Å². The second-order valence-electron chi connectivity index (χ2n) is 5.40. The SMILES string of the molecule is Cc1c(F)cccc1NC(=O)NC1CCC(C(=O)O)CC1. The van der Waals surface area contributed by atoms with Gasteiger partial charge >= 0.3 is 12.0 Å². The topological polar surface area (TPSA) is 78.4 Å². The van der Waals surface area contributed by atoms with Crippen molar-refractivity contribution in [1.82, 2.24) is 5.32 Å². The molecule has 0 unspecified atom stereocenters. The highest BCUT2D eigenvalue weighted by Gasteiger charge is 2.26. The van der Waals surface area contributed by atoms with Crippen molar-refractivity contribution < 1.29 is 19.1 Å². The Bertz CT molecular complexity index is 540. The second-order valence-corrected chi connectivity index (χ2v) is 5.40. The molecule has 114 valence electrons. The Morgan fingerprint density at radius 1 is 1.24 bits per heavy atom. The average Bonchev–Trinajstić information content (AvgIpc) is 2.44. The highest BCUT2D eigenvalue weighted by atomic mass is 19.1. The number of carboxylic acids is 1. The number of halogens is 1. The van der Waals surface area contributed by atoms with Crippen LogP contribution in [-0.2, 0) is 4.79 Å². The van der Waals surface area contributed by atoms with E-state index in [0.29, 0.717) is 36.9 Å². The van der Waals surface area contributed by atoms with Gasteiger partial charge in [-0.3, -0.25) is 4.79 Å². The average molecular weight is 294 g/mol. The number of amides is 2. The summed E-state index contributed by atoms with van der Waals surface area (Å²) in [4.78, 5) is 22.8. The minimum atomic E-state index is -0.770. The van der Waals surface area contributed by atoms with Gasteiger partial charge in [0.25, 0.3) is 0 Å². The summed E-state index contributed by atoms with van der Waals surface area (Å²) in [6.07, 6.45) is 2.43. The smallest absolute Gasteiger partial charge is 0.319 e. The Hall–Kier alpha value is -2.11. The highest BCUT2D eigenvalue weighted by Crippen LogP contribution is 2.24. The van der Waals surface area contributed by atoms with Crippen molar-refractivity contribution in [1.29, 1.82) is 0 Å². The van der Waals surface area contributed by atoms with E-state index in [4.69, 9.17) is 5.11 Å². The van der Waals surface area contributed by atoms with Crippen molar-refractivity contribution >= 4 is 17.7 Å². The molecule has 1 aliphatic carbocycles. The zero-order valence-corrected chi connectivity index (χ0v) is 11.9. The first kappa shape index (κ1) is 15.3. The molecule has 1 aromatic carbocycles. The molecule has 0 bridgehead atoms. The van der Waals surface area contributed by atoms with Crippen LogP contribution in [0.15, 0.2) is 18.2 Å². The summed E-state index contributed by atoms with van der Waals surface area (Å²) in [5.41, 5.74) is 0.828. The number of urea groups is 1. The van der Waals surface area contributed by atoms with Crippen LogP contribution in [0.3, 0.4) is 0 Å². The Morgan fingerprint density at radius 3 is 2.52 bits per heavy atom. The Morgan fingerprint density at radius 2 is 1.90 bits per heavy atom. The number of hydrogen-bond donors (Lipinski definition) is 3. The summed E-state index contributed by atoms with van der Waals surface area (Å²) in [6, 6.07) is 4.10. The number of carbonyl (C=O) groups excluding carboxylic acids is 1. The summed E-state index contributed by atoms with van der Waals surface area (Å²) in [7, 11) is 0. The van der Waals surface area contributed by atoms with Gasteiger partial charge in [0, 0.05) is 17.3 Å². The molecule has 1 saturated carbocycles. The number of rotatable bonds is 3. The van der Waals surface area contributed by atoms with E-state index < -0.39 is 5.97 Å². The Labute approximate surface area is 122 Å². The number of aliphatic carboxylic acids is 1. The number of carbonyl (C=O) groups is 2. The van der Waals surface area contributed by atoms with Gasteiger partial charge in [0.1, 0.15) is 5.82 Å². The van der Waals surface area contributed by atoms with E-state index in [1.807, 2.05) is 0 Å². The molecule has 2 rings (SSSR count). The molecule has 0 aliphatic heterocycles. The normalized spacial score (nSPS) is 21.6. The third-order valence-electron chi connectivity index (χ3n) is 3.93. The molecule has 3 N–H and O–H groups in total. The van der Waals surface area contributed by atoms with Crippen LogP contribution in [0.25, 0.3) is 0 Å². The molecule has 0 spiro atoms. The van der Waals surface area contributed by atoms with Crippen LogP contribution in [-0.4, -0.2) is 23.1 Å². The van der Waals surface area contributed by atoms with Crippen LogP contribution in [0.1, 0.15) is 31.2 Å². The maximum Gasteiger partial charge on any atom is 0.319 e. The minimum absolute atomic E-state index is 0.0329. The minimum Gasteiger partial charge on any atom is -0.481 e. The largest absolute Gasteiger partial charge is 0.481 e. The molecule has 1 aliphatic rings. The van der Waals surface area contributed by atoms with Gasteiger partial charge in [-0.2, -0.15) is 0 Å². The zero-order chi connectivity index (χ0) is 15.4. The van der Waals surface area contributed by atoms with Crippen molar-refractivity contribution in [3.05, 3.63) is 29.6 Å². The highest BCUT2D eigenvalue weighted by molar-refractivity contribution is 5.90. The lowest BCUT2D eigenvalue weighted by Crippen LogP contribution is -2.41. The quantitative estimate of drug-likeness (QED) is 0.802. The maximum atomic E-state index is 13.4. The van der Waals surface area contributed by atoms with Crippen molar-refractivity contribution in [2.75, 3.05) is 5.32 Å². The standard InChI is InChI=1S/C15H19FN2O3/c1-9-12(16)3-2-4-13(9)18-15(21)17-11-7-5-10(6-8-11)14(19)20/h2-4,10-11H,5-8H2,1H3,(H,19,20)(H2,17,18,21). The van der Waals surface area contributed by atoms with E-state index in [-0.39, 0.29) is 23.8 Å². The lowest BCUT2D eigenvalue weighted by Gasteiger charge is -2.27. The van der Waals surface area contributed by atoms with E-state index in [2.05, 4.69) is 10.6 Å². The molecule has 0 heterocycles. The summed E-state index contributed by atoms with van der Waals surface area (Å²) >= 11 is 0. The van der Waals surface area contributed by atoms with Crippen LogP contribution in [0, 0.1) is 18.7 Å².